The van der Waals surface area contributed by atoms with Crippen molar-refractivity contribution in [2.45, 2.75) is 4.90 Å². The third kappa shape index (κ3) is 4.53. The Labute approximate surface area is 173 Å². The van der Waals surface area contributed by atoms with Gasteiger partial charge in [-0.3, -0.25) is 4.79 Å². The summed E-state index contributed by atoms with van der Waals surface area (Å²) in [6.45, 7) is 0. The quantitative estimate of drug-likeness (QED) is 0.628. The van der Waals surface area contributed by atoms with Crippen molar-refractivity contribution in [1.82, 2.24) is 19.7 Å². The largest absolute Gasteiger partial charge is 0.287 e. The molecule has 0 atom stereocenters. The third-order valence-electron chi connectivity index (χ3n) is 3.25. The highest BCUT2D eigenvalue weighted by Gasteiger charge is 2.23. The minimum Gasteiger partial charge on any atom is -0.266 e. The fraction of sp³-hybridized carbons (Fsp3) is 0. The summed E-state index contributed by atoms with van der Waals surface area (Å²) in [4.78, 5) is 11.9. The fourth-order valence-electron chi connectivity index (χ4n) is 2.08. The van der Waals surface area contributed by atoms with E-state index in [1.165, 1.54) is 29.1 Å². The van der Waals surface area contributed by atoms with Crippen LogP contribution in [0.1, 0.15) is 10.5 Å². The Bertz CT molecular complexity index is 1130. The Kier molecular flexibility index (Phi) is 5.64. The monoisotopic (exact) mass is 464 g/mol. The number of halogens is 4. The molecular weight excluding hydrogens is 458 g/mol. The number of rotatable bonds is 4. The van der Waals surface area contributed by atoms with E-state index in [0.717, 1.165) is 6.07 Å². The van der Waals surface area contributed by atoms with Gasteiger partial charge in [-0.2, -0.15) is 0 Å². The Balaban J connectivity index is 1.87. The van der Waals surface area contributed by atoms with E-state index in [2.05, 4.69) is 10.3 Å². The number of hydrogen-bond donors (Lipinski definition) is 1. The number of hydrogen-bond acceptors (Lipinski definition) is 5. The first-order valence-electron chi connectivity index (χ1n) is 7.07. The summed E-state index contributed by atoms with van der Waals surface area (Å²) in [7, 11) is -4.26. The van der Waals surface area contributed by atoms with E-state index >= 15 is 0 Å². The van der Waals surface area contributed by atoms with Crippen LogP contribution in [0.4, 0.5) is 0 Å². The lowest BCUT2D eigenvalue weighted by Gasteiger charge is -2.07. The van der Waals surface area contributed by atoms with Gasteiger partial charge in [0, 0.05) is 15.1 Å². The van der Waals surface area contributed by atoms with Gasteiger partial charge in [-0.05, 0) is 36.4 Å². The van der Waals surface area contributed by atoms with Crippen LogP contribution < -0.4 is 4.72 Å². The molecule has 1 N–H and O–H groups in total. The van der Waals surface area contributed by atoms with Crippen LogP contribution in [0.25, 0.3) is 5.69 Å². The second kappa shape index (κ2) is 7.65. The van der Waals surface area contributed by atoms with Gasteiger partial charge in [0.15, 0.2) is 5.69 Å². The van der Waals surface area contributed by atoms with Gasteiger partial charge < -0.3 is 0 Å². The second-order valence-corrected chi connectivity index (χ2v) is 8.55. The van der Waals surface area contributed by atoms with Crippen LogP contribution in [0, 0.1) is 0 Å². The summed E-state index contributed by atoms with van der Waals surface area (Å²) in [5.41, 5.74) is 0.201. The topological polar surface area (TPSA) is 94.0 Å². The summed E-state index contributed by atoms with van der Waals surface area (Å²) in [6, 6.07) is 8.48. The Morgan fingerprint density at radius 3 is 2.30 bits per heavy atom. The van der Waals surface area contributed by atoms with E-state index in [9.17, 15) is 13.2 Å². The van der Waals surface area contributed by atoms with Gasteiger partial charge in [-0.25, -0.2) is 17.8 Å². The maximum Gasteiger partial charge on any atom is 0.287 e. The predicted molar refractivity (Wildman–Crippen MR) is 102 cm³/mol. The minimum atomic E-state index is -4.26. The van der Waals surface area contributed by atoms with Crippen molar-refractivity contribution in [3.63, 3.8) is 0 Å². The van der Waals surface area contributed by atoms with Gasteiger partial charge in [0.25, 0.3) is 15.9 Å². The smallest absolute Gasteiger partial charge is 0.266 e. The number of carbonyl (C=O) groups excluding carboxylic acids is 1. The summed E-state index contributed by atoms with van der Waals surface area (Å²) >= 11 is 23.5. The fourth-order valence-corrected chi connectivity index (χ4v) is 4.32. The van der Waals surface area contributed by atoms with Gasteiger partial charge in [0.1, 0.15) is 4.90 Å². The van der Waals surface area contributed by atoms with E-state index in [0.29, 0.717) is 15.7 Å². The Morgan fingerprint density at radius 1 is 0.963 bits per heavy atom. The zero-order chi connectivity index (χ0) is 19.8. The average molecular weight is 466 g/mol. The number of amides is 1. The molecule has 0 saturated heterocycles. The molecule has 0 radical (unpaired) electrons. The molecule has 1 aromatic heterocycles. The highest BCUT2D eigenvalue weighted by molar-refractivity contribution is 7.90. The molecule has 0 aliphatic heterocycles. The number of nitrogens with one attached hydrogen (secondary N) is 1. The molecular formula is C15H8Cl4N4O3S. The standard InChI is InChI=1S/C15H8Cl4N4O3S/c16-8-1-2-12(19)14(6-8)27(25,26)21-15(24)13-7-23(22-20-13)11-4-9(17)3-10(18)5-11/h1-7H,(H,21,24). The van der Waals surface area contributed by atoms with Crippen molar-refractivity contribution >= 4 is 62.3 Å². The highest BCUT2D eigenvalue weighted by atomic mass is 35.5. The molecule has 12 heteroatoms. The molecule has 7 nitrogen and oxygen atoms in total. The summed E-state index contributed by atoms with van der Waals surface area (Å²) in [5.74, 6) is -0.995. The summed E-state index contributed by atoms with van der Waals surface area (Å²) < 4.78 is 27.9. The van der Waals surface area contributed by atoms with Gasteiger partial charge in [-0.1, -0.05) is 51.6 Å². The number of benzene rings is 2. The lowest BCUT2D eigenvalue weighted by molar-refractivity contribution is 0.0976. The van der Waals surface area contributed by atoms with E-state index in [4.69, 9.17) is 46.4 Å². The molecule has 1 heterocycles. The highest BCUT2D eigenvalue weighted by Crippen LogP contribution is 2.25. The van der Waals surface area contributed by atoms with E-state index in [1.54, 1.807) is 12.1 Å². The van der Waals surface area contributed by atoms with Gasteiger partial charge in [0.05, 0.1) is 16.9 Å². The molecule has 0 unspecified atom stereocenters. The lowest BCUT2D eigenvalue weighted by Crippen LogP contribution is -2.31. The van der Waals surface area contributed by atoms with Crippen LogP contribution >= 0.6 is 46.4 Å². The van der Waals surface area contributed by atoms with Crippen LogP contribution in [0.3, 0.4) is 0 Å². The van der Waals surface area contributed by atoms with Crippen LogP contribution in [0.5, 0.6) is 0 Å². The Hall–Kier alpha value is -1.84. The first kappa shape index (κ1) is 19.9. The zero-order valence-corrected chi connectivity index (χ0v) is 16.9. The summed E-state index contributed by atoms with van der Waals surface area (Å²) in [5, 5.41) is 8.21. The zero-order valence-electron chi connectivity index (χ0n) is 13.0. The maximum atomic E-state index is 12.4. The average Bonchev–Trinajstić information content (AvgIpc) is 3.06. The Morgan fingerprint density at radius 2 is 1.63 bits per heavy atom. The van der Waals surface area contributed by atoms with Gasteiger partial charge >= 0.3 is 0 Å². The van der Waals surface area contributed by atoms with E-state index in [-0.39, 0.29) is 20.6 Å². The van der Waals surface area contributed by atoms with E-state index in [1.807, 2.05) is 4.72 Å². The lowest BCUT2D eigenvalue weighted by atomic mass is 10.3. The van der Waals surface area contributed by atoms with E-state index < -0.39 is 15.9 Å². The number of aromatic nitrogens is 3. The third-order valence-corrected chi connectivity index (χ3v) is 5.73. The molecule has 0 aliphatic carbocycles. The van der Waals surface area contributed by atoms with Crippen molar-refractivity contribution in [2.24, 2.45) is 0 Å². The SMILES string of the molecule is O=C(NS(=O)(=O)c1cc(Cl)ccc1Cl)c1cn(-c2cc(Cl)cc(Cl)c2)nn1. The summed E-state index contributed by atoms with van der Waals surface area (Å²) in [6.07, 6.45) is 1.23. The van der Waals surface area contributed by atoms with Gasteiger partial charge in [-0.15, -0.1) is 5.10 Å². The van der Waals surface area contributed by atoms with Crippen molar-refractivity contribution in [3.8, 4) is 5.69 Å². The van der Waals surface area contributed by atoms with Crippen LogP contribution in [0.2, 0.25) is 20.1 Å². The van der Waals surface area contributed by atoms with Crippen molar-refractivity contribution in [3.05, 3.63) is 68.4 Å². The van der Waals surface area contributed by atoms with Crippen molar-refractivity contribution < 1.29 is 13.2 Å². The number of carbonyl (C=O) groups is 1. The van der Waals surface area contributed by atoms with Gasteiger partial charge in [0.2, 0.25) is 0 Å². The minimum absolute atomic E-state index is 0.0862. The van der Waals surface area contributed by atoms with Crippen molar-refractivity contribution in [1.29, 1.82) is 0 Å². The number of sulfonamides is 1. The van der Waals surface area contributed by atoms with Crippen LogP contribution in [0.15, 0.2) is 47.5 Å². The molecule has 3 aromatic rings. The molecule has 27 heavy (non-hydrogen) atoms. The molecule has 0 saturated carbocycles. The first-order valence-corrected chi connectivity index (χ1v) is 10.1. The normalized spacial score (nSPS) is 11.4. The number of nitrogens with zero attached hydrogens (tertiary/aromatic N) is 3. The molecule has 0 fully saturated rings. The molecule has 0 aliphatic rings. The molecule has 1 amide bonds. The molecule has 3 rings (SSSR count). The molecule has 140 valence electrons. The van der Waals surface area contributed by atoms with Crippen LogP contribution in [-0.2, 0) is 10.0 Å². The molecule has 0 spiro atoms. The molecule has 0 bridgehead atoms. The van der Waals surface area contributed by atoms with Crippen LogP contribution in [-0.4, -0.2) is 29.3 Å². The first-order chi connectivity index (χ1) is 12.7. The molecule has 2 aromatic carbocycles. The van der Waals surface area contributed by atoms with Crippen molar-refractivity contribution in [2.75, 3.05) is 0 Å². The maximum absolute atomic E-state index is 12.4. The second-order valence-electron chi connectivity index (χ2n) is 5.19. The predicted octanol–water partition coefficient (Wildman–Crippen LogP) is 4.00.